The Hall–Kier alpha value is -3.60. The van der Waals surface area contributed by atoms with Gasteiger partial charge in [0, 0.05) is 10.0 Å². The summed E-state index contributed by atoms with van der Waals surface area (Å²) >= 11 is 11.7. The molecular formula is C26H16Cl2O4. The van der Waals surface area contributed by atoms with Crippen molar-refractivity contribution in [3.63, 3.8) is 0 Å². The largest absolute Gasteiger partial charge is 0.423 e. The average molecular weight is 463 g/mol. The highest BCUT2D eigenvalue weighted by atomic mass is 35.5. The SMILES string of the molecule is O=C(Oc1ccc(Cl)cc1)c1ccc(-c2ccc(C(=O)Oc3ccc(Cl)cc3)cc2)cc1. The van der Waals surface area contributed by atoms with E-state index in [0.717, 1.165) is 11.1 Å². The van der Waals surface area contributed by atoms with E-state index in [1.165, 1.54) is 0 Å². The summed E-state index contributed by atoms with van der Waals surface area (Å²) in [5.74, 6) is -0.0765. The van der Waals surface area contributed by atoms with Crippen molar-refractivity contribution in [1.82, 2.24) is 0 Å². The van der Waals surface area contributed by atoms with Gasteiger partial charge in [-0.15, -0.1) is 0 Å². The maximum absolute atomic E-state index is 12.3. The van der Waals surface area contributed by atoms with Crippen LogP contribution in [0.25, 0.3) is 11.1 Å². The van der Waals surface area contributed by atoms with Crippen LogP contribution < -0.4 is 9.47 Å². The fourth-order valence-corrected chi connectivity index (χ4v) is 3.19. The van der Waals surface area contributed by atoms with Crippen LogP contribution in [0.4, 0.5) is 0 Å². The molecule has 0 aliphatic rings. The van der Waals surface area contributed by atoms with Crippen LogP contribution in [0.15, 0.2) is 97.1 Å². The van der Waals surface area contributed by atoms with Crippen molar-refractivity contribution < 1.29 is 19.1 Å². The number of hydrogen-bond acceptors (Lipinski definition) is 4. The molecule has 0 aliphatic heterocycles. The summed E-state index contributed by atoms with van der Waals surface area (Å²) in [7, 11) is 0. The quantitative estimate of drug-likeness (QED) is 0.234. The second-order valence-corrected chi connectivity index (χ2v) is 7.71. The Kier molecular flexibility index (Phi) is 6.55. The van der Waals surface area contributed by atoms with E-state index in [2.05, 4.69) is 0 Å². The summed E-state index contributed by atoms with van der Waals surface area (Å²) in [6, 6.07) is 27.2. The van der Waals surface area contributed by atoms with Crippen LogP contribution in [0.2, 0.25) is 10.0 Å². The van der Waals surface area contributed by atoms with Crippen molar-refractivity contribution in [2.45, 2.75) is 0 Å². The van der Waals surface area contributed by atoms with Crippen molar-refractivity contribution >= 4 is 35.1 Å². The van der Waals surface area contributed by atoms with Crippen molar-refractivity contribution in [1.29, 1.82) is 0 Å². The van der Waals surface area contributed by atoms with Gasteiger partial charge < -0.3 is 9.47 Å². The molecule has 0 saturated heterocycles. The number of benzene rings is 4. The van der Waals surface area contributed by atoms with E-state index in [-0.39, 0.29) is 0 Å². The molecule has 158 valence electrons. The average Bonchev–Trinajstić information content (AvgIpc) is 2.82. The zero-order valence-corrected chi connectivity index (χ0v) is 18.1. The van der Waals surface area contributed by atoms with Gasteiger partial charge in [-0.2, -0.15) is 0 Å². The summed E-state index contributed by atoms with van der Waals surface area (Å²) in [6.07, 6.45) is 0. The molecule has 0 atom stereocenters. The summed E-state index contributed by atoms with van der Waals surface area (Å²) in [6.45, 7) is 0. The van der Waals surface area contributed by atoms with Gasteiger partial charge in [-0.25, -0.2) is 9.59 Å². The lowest BCUT2D eigenvalue weighted by Gasteiger charge is -2.07. The normalized spacial score (nSPS) is 10.4. The monoisotopic (exact) mass is 462 g/mol. The van der Waals surface area contributed by atoms with Crippen LogP contribution in [-0.4, -0.2) is 11.9 Å². The third-order valence-corrected chi connectivity index (χ3v) is 5.13. The van der Waals surface area contributed by atoms with Crippen LogP contribution in [0.3, 0.4) is 0 Å². The predicted molar refractivity (Wildman–Crippen MR) is 125 cm³/mol. The molecule has 4 aromatic carbocycles. The van der Waals surface area contributed by atoms with E-state index in [9.17, 15) is 9.59 Å². The van der Waals surface area contributed by atoms with Gasteiger partial charge >= 0.3 is 11.9 Å². The number of carbonyl (C=O) groups excluding carboxylic acids is 2. The standard InChI is InChI=1S/C26H16Cl2O4/c27-21-9-13-23(14-10-21)31-25(29)19-5-1-17(2-6-19)18-3-7-20(8-4-18)26(30)32-24-15-11-22(28)12-16-24/h1-16H. The van der Waals surface area contributed by atoms with Gasteiger partial charge in [0.25, 0.3) is 0 Å². The summed E-state index contributed by atoms with van der Waals surface area (Å²) < 4.78 is 10.7. The minimum Gasteiger partial charge on any atom is -0.423 e. The van der Waals surface area contributed by atoms with Gasteiger partial charge in [0.2, 0.25) is 0 Å². The number of hydrogen-bond donors (Lipinski definition) is 0. The molecule has 0 N–H and O–H groups in total. The first-order valence-corrected chi connectivity index (χ1v) is 10.4. The Morgan fingerprint density at radius 2 is 0.781 bits per heavy atom. The van der Waals surface area contributed by atoms with E-state index in [1.54, 1.807) is 72.8 Å². The number of rotatable bonds is 5. The molecule has 0 unspecified atom stereocenters. The van der Waals surface area contributed by atoms with Crippen LogP contribution >= 0.6 is 23.2 Å². The Morgan fingerprint density at radius 3 is 1.09 bits per heavy atom. The van der Waals surface area contributed by atoms with Crippen molar-refractivity contribution in [3.8, 4) is 22.6 Å². The highest BCUT2D eigenvalue weighted by Crippen LogP contribution is 2.23. The summed E-state index contributed by atoms with van der Waals surface area (Å²) in [5.41, 5.74) is 2.63. The molecule has 0 radical (unpaired) electrons. The number of carbonyl (C=O) groups is 2. The van der Waals surface area contributed by atoms with E-state index in [0.29, 0.717) is 32.7 Å². The van der Waals surface area contributed by atoms with Crippen molar-refractivity contribution in [2.75, 3.05) is 0 Å². The van der Waals surface area contributed by atoms with Crippen molar-refractivity contribution in [2.24, 2.45) is 0 Å². The van der Waals surface area contributed by atoms with Crippen LogP contribution in [0.1, 0.15) is 20.7 Å². The fraction of sp³-hybridized carbons (Fsp3) is 0. The molecule has 0 amide bonds. The van der Waals surface area contributed by atoms with E-state index in [4.69, 9.17) is 32.7 Å². The molecule has 32 heavy (non-hydrogen) atoms. The lowest BCUT2D eigenvalue weighted by atomic mass is 10.0. The second-order valence-electron chi connectivity index (χ2n) is 6.84. The first-order chi connectivity index (χ1) is 15.5. The Labute approximate surface area is 194 Å². The molecule has 6 heteroatoms. The van der Waals surface area contributed by atoms with Crippen LogP contribution in [0.5, 0.6) is 11.5 Å². The lowest BCUT2D eigenvalue weighted by Crippen LogP contribution is -2.08. The molecule has 0 aliphatic carbocycles. The third-order valence-electron chi connectivity index (χ3n) is 4.62. The smallest absolute Gasteiger partial charge is 0.343 e. The van der Waals surface area contributed by atoms with E-state index in [1.807, 2.05) is 24.3 Å². The predicted octanol–water partition coefficient (Wildman–Crippen LogP) is 7.10. The molecule has 0 heterocycles. The lowest BCUT2D eigenvalue weighted by molar-refractivity contribution is 0.0725. The Balaban J connectivity index is 1.41. The molecule has 4 rings (SSSR count). The minimum absolute atomic E-state index is 0.421. The van der Waals surface area contributed by atoms with Gasteiger partial charge in [-0.05, 0) is 83.9 Å². The highest BCUT2D eigenvalue weighted by molar-refractivity contribution is 6.30. The minimum atomic E-state index is -0.459. The first-order valence-electron chi connectivity index (χ1n) is 9.64. The Morgan fingerprint density at radius 1 is 0.469 bits per heavy atom. The number of halogens is 2. The summed E-state index contributed by atoms with van der Waals surface area (Å²) in [4.78, 5) is 24.6. The third kappa shape index (κ3) is 5.35. The van der Waals surface area contributed by atoms with Crippen molar-refractivity contribution in [3.05, 3.63) is 118 Å². The number of esters is 2. The van der Waals surface area contributed by atoms with E-state index >= 15 is 0 Å². The maximum Gasteiger partial charge on any atom is 0.343 e. The Bertz CT molecular complexity index is 1130. The molecule has 0 bridgehead atoms. The topological polar surface area (TPSA) is 52.6 Å². The highest BCUT2D eigenvalue weighted by Gasteiger charge is 2.11. The van der Waals surface area contributed by atoms with E-state index < -0.39 is 11.9 Å². The molecule has 4 aromatic rings. The molecule has 0 aromatic heterocycles. The van der Waals surface area contributed by atoms with Gasteiger partial charge in [0.15, 0.2) is 0 Å². The second kappa shape index (κ2) is 9.69. The van der Waals surface area contributed by atoms with Crippen LogP contribution in [0, 0.1) is 0 Å². The van der Waals surface area contributed by atoms with Gasteiger partial charge in [-0.1, -0.05) is 47.5 Å². The summed E-state index contributed by atoms with van der Waals surface area (Å²) in [5, 5.41) is 1.14. The molecular weight excluding hydrogens is 447 g/mol. The van der Waals surface area contributed by atoms with Crippen LogP contribution in [-0.2, 0) is 0 Å². The van der Waals surface area contributed by atoms with Gasteiger partial charge in [0.05, 0.1) is 11.1 Å². The maximum atomic E-state index is 12.3. The fourth-order valence-electron chi connectivity index (χ4n) is 2.93. The zero-order valence-electron chi connectivity index (χ0n) is 16.6. The molecule has 0 saturated carbocycles. The van der Waals surface area contributed by atoms with Gasteiger partial charge in [0.1, 0.15) is 11.5 Å². The van der Waals surface area contributed by atoms with Gasteiger partial charge in [-0.3, -0.25) is 0 Å². The zero-order chi connectivity index (χ0) is 22.5. The molecule has 0 fully saturated rings. The molecule has 0 spiro atoms. The molecule has 4 nitrogen and oxygen atoms in total. The first kappa shape index (κ1) is 21.6. The number of ether oxygens (including phenoxy) is 2.